The SMILES string of the molecule is CNC1CCCN(C(=O)c2[nH]c3c(c2C)C(=O)CCC3)C1. The third-order valence-corrected chi connectivity index (χ3v) is 4.77. The molecule has 0 aromatic carbocycles. The van der Waals surface area contributed by atoms with Crippen molar-refractivity contribution >= 4 is 11.7 Å². The van der Waals surface area contributed by atoms with E-state index in [-0.39, 0.29) is 11.7 Å². The Balaban J connectivity index is 1.87. The van der Waals surface area contributed by atoms with E-state index in [0.717, 1.165) is 55.6 Å². The van der Waals surface area contributed by atoms with Gasteiger partial charge in [-0.25, -0.2) is 0 Å². The van der Waals surface area contributed by atoms with Gasteiger partial charge in [0, 0.05) is 36.8 Å². The van der Waals surface area contributed by atoms with Gasteiger partial charge in [0.25, 0.3) is 5.91 Å². The number of likely N-dealkylation sites (tertiary alicyclic amines) is 1. The topological polar surface area (TPSA) is 65.2 Å². The largest absolute Gasteiger partial charge is 0.354 e. The van der Waals surface area contributed by atoms with Gasteiger partial charge < -0.3 is 15.2 Å². The highest BCUT2D eigenvalue weighted by Crippen LogP contribution is 2.27. The van der Waals surface area contributed by atoms with Crippen LogP contribution in [-0.2, 0) is 6.42 Å². The van der Waals surface area contributed by atoms with Crippen molar-refractivity contribution in [2.24, 2.45) is 0 Å². The molecule has 1 saturated heterocycles. The highest BCUT2D eigenvalue weighted by Gasteiger charge is 2.30. The maximum atomic E-state index is 12.8. The monoisotopic (exact) mass is 289 g/mol. The molecule has 0 spiro atoms. The van der Waals surface area contributed by atoms with Crippen LogP contribution in [0.3, 0.4) is 0 Å². The molecule has 1 atom stereocenters. The predicted octanol–water partition coefficient (Wildman–Crippen LogP) is 1.67. The Labute approximate surface area is 125 Å². The number of amides is 1. The minimum absolute atomic E-state index is 0.0367. The van der Waals surface area contributed by atoms with Crippen LogP contribution in [0.5, 0.6) is 0 Å². The maximum absolute atomic E-state index is 12.8. The molecule has 2 aliphatic rings. The number of Topliss-reactive ketones (excluding diaryl/α,β-unsaturated/α-hetero) is 1. The van der Waals surface area contributed by atoms with Crippen molar-refractivity contribution in [3.63, 3.8) is 0 Å². The lowest BCUT2D eigenvalue weighted by Gasteiger charge is -2.32. The van der Waals surface area contributed by atoms with E-state index in [9.17, 15) is 9.59 Å². The molecule has 0 saturated carbocycles. The molecule has 1 amide bonds. The molecule has 2 heterocycles. The zero-order valence-corrected chi connectivity index (χ0v) is 12.8. The van der Waals surface area contributed by atoms with Crippen LogP contribution in [0.1, 0.15) is 57.8 Å². The number of aromatic nitrogens is 1. The standard InChI is InChI=1S/C16H23N3O2/c1-10-14-12(6-3-7-13(14)20)18-15(10)16(21)19-8-4-5-11(9-19)17-2/h11,17-18H,3-9H2,1-2H3. The molecule has 1 aromatic heterocycles. The summed E-state index contributed by atoms with van der Waals surface area (Å²) in [4.78, 5) is 30.0. The number of hydrogen-bond acceptors (Lipinski definition) is 3. The number of hydrogen-bond donors (Lipinski definition) is 2. The van der Waals surface area contributed by atoms with Crippen LogP contribution < -0.4 is 5.32 Å². The van der Waals surface area contributed by atoms with E-state index in [4.69, 9.17) is 0 Å². The van der Waals surface area contributed by atoms with Crippen molar-refractivity contribution < 1.29 is 9.59 Å². The third kappa shape index (κ3) is 2.50. The Morgan fingerprint density at radius 2 is 2.14 bits per heavy atom. The van der Waals surface area contributed by atoms with Gasteiger partial charge in [0.05, 0.1) is 0 Å². The summed E-state index contributed by atoms with van der Waals surface area (Å²) in [6.07, 6.45) is 4.48. The smallest absolute Gasteiger partial charge is 0.270 e. The number of carbonyl (C=O) groups is 2. The number of carbonyl (C=O) groups excluding carboxylic acids is 2. The quantitative estimate of drug-likeness (QED) is 0.870. The van der Waals surface area contributed by atoms with Gasteiger partial charge in [-0.1, -0.05) is 0 Å². The van der Waals surface area contributed by atoms with Crippen LogP contribution in [0.25, 0.3) is 0 Å². The molecule has 1 fully saturated rings. The van der Waals surface area contributed by atoms with Crippen molar-refractivity contribution in [3.8, 4) is 0 Å². The van der Waals surface area contributed by atoms with Crippen LogP contribution in [0.15, 0.2) is 0 Å². The van der Waals surface area contributed by atoms with Gasteiger partial charge in [0.15, 0.2) is 5.78 Å². The molecular weight excluding hydrogens is 266 g/mol. The second-order valence-corrected chi connectivity index (χ2v) is 6.13. The van der Waals surface area contributed by atoms with E-state index in [0.29, 0.717) is 18.2 Å². The number of H-pyrrole nitrogens is 1. The molecule has 2 N–H and O–H groups in total. The Hall–Kier alpha value is -1.62. The Kier molecular flexibility index (Phi) is 3.85. The lowest BCUT2D eigenvalue weighted by Crippen LogP contribution is -2.47. The van der Waals surface area contributed by atoms with Crippen molar-refractivity contribution in [2.45, 2.75) is 45.1 Å². The summed E-state index contributed by atoms with van der Waals surface area (Å²) in [6, 6.07) is 0.370. The highest BCUT2D eigenvalue weighted by atomic mass is 16.2. The zero-order chi connectivity index (χ0) is 15.0. The van der Waals surface area contributed by atoms with Gasteiger partial charge in [0.1, 0.15) is 5.69 Å². The summed E-state index contributed by atoms with van der Waals surface area (Å²) in [5.41, 5.74) is 3.18. The lowest BCUT2D eigenvalue weighted by molar-refractivity contribution is 0.0692. The summed E-state index contributed by atoms with van der Waals surface area (Å²) in [7, 11) is 1.94. The fraction of sp³-hybridized carbons (Fsp3) is 0.625. The highest BCUT2D eigenvalue weighted by molar-refractivity contribution is 6.04. The fourth-order valence-electron chi connectivity index (χ4n) is 3.54. The van der Waals surface area contributed by atoms with Gasteiger partial charge in [-0.15, -0.1) is 0 Å². The number of ketones is 1. The number of likely N-dealkylation sites (N-methyl/N-ethyl adjacent to an activating group) is 1. The Bertz CT molecular complexity index is 576. The van der Waals surface area contributed by atoms with Gasteiger partial charge in [-0.2, -0.15) is 0 Å². The summed E-state index contributed by atoms with van der Waals surface area (Å²) >= 11 is 0. The second-order valence-electron chi connectivity index (χ2n) is 6.13. The molecule has 21 heavy (non-hydrogen) atoms. The first kappa shape index (κ1) is 14.3. The number of fused-ring (bicyclic) bond motifs is 1. The number of nitrogens with zero attached hydrogens (tertiary/aromatic N) is 1. The second kappa shape index (κ2) is 5.64. The van der Waals surface area contributed by atoms with Crippen LogP contribution in [0.2, 0.25) is 0 Å². The minimum atomic E-state index is 0.0367. The lowest BCUT2D eigenvalue weighted by atomic mass is 9.93. The summed E-state index contributed by atoms with van der Waals surface area (Å²) in [5.74, 6) is 0.213. The molecule has 114 valence electrons. The molecule has 0 bridgehead atoms. The van der Waals surface area contributed by atoms with Crippen LogP contribution in [0.4, 0.5) is 0 Å². The molecule has 3 rings (SSSR count). The first-order chi connectivity index (χ1) is 10.1. The number of aryl methyl sites for hydroxylation is 1. The fourth-order valence-corrected chi connectivity index (χ4v) is 3.54. The third-order valence-electron chi connectivity index (χ3n) is 4.77. The zero-order valence-electron chi connectivity index (χ0n) is 12.8. The van der Waals surface area contributed by atoms with Gasteiger partial charge in [-0.3, -0.25) is 9.59 Å². The van der Waals surface area contributed by atoms with Crippen molar-refractivity contribution in [2.75, 3.05) is 20.1 Å². The average molecular weight is 289 g/mol. The van der Waals surface area contributed by atoms with Gasteiger partial charge in [0.2, 0.25) is 0 Å². The van der Waals surface area contributed by atoms with E-state index in [1.165, 1.54) is 0 Å². The summed E-state index contributed by atoms with van der Waals surface area (Å²) < 4.78 is 0. The first-order valence-corrected chi connectivity index (χ1v) is 7.83. The summed E-state index contributed by atoms with van der Waals surface area (Å²) in [6.45, 7) is 3.44. The van der Waals surface area contributed by atoms with E-state index >= 15 is 0 Å². The van der Waals surface area contributed by atoms with E-state index < -0.39 is 0 Å². The van der Waals surface area contributed by atoms with E-state index in [1.54, 1.807) is 0 Å². The Morgan fingerprint density at radius 3 is 2.86 bits per heavy atom. The number of aromatic amines is 1. The van der Waals surface area contributed by atoms with E-state index in [2.05, 4.69) is 10.3 Å². The molecule has 5 heteroatoms. The van der Waals surface area contributed by atoms with Gasteiger partial charge in [-0.05, 0) is 45.2 Å². The van der Waals surface area contributed by atoms with Crippen molar-refractivity contribution in [3.05, 3.63) is 22.5 Å². The normalized spacial score (nSPS) is 22.3. The molecule has 5 nitrogen and oxygen atoms in total. The maximum Gasteiger partial charge on any atom is 0.270 e. The molecule has 1 unspecified atom stereocenters. The van der Waals surface area contributed by atoms with Crippen LogP contribution in [0, 0.1) is 6.92 Å². The number of piperidine rings is 1. The van der Waals surface area contributed by atoms with Crippen molar-refractivity contribution in [1.29, 1.82) is 0 Å². The van der Waals surface area contributed by atoms with Crippen LogP contribution in [-0.4, -0.2) is 47.8 Å². The molecule has 1 aliphatic carbocycles. The van der Waals surface area contributed by atoms with Crippen LogP contribution >= 0.6 is 0 Å². The minimum Gasteiger partial charge on any atom is -0.354 e. The first-order valence-electron chi connectivity index (χ1n) is 7.83. The number of rotatable bonds is 2. The predicted molar refractivity (Wildman–Crippen MR) is 80.8 cm³/mol. The van der Waals surface area contributed by atoms with Crippen molar-refractivity contribution in [1.82, 2.24) is 15.2 Å². The van der Waals surface area contributed by atoms with Gasteiger partial charge >= 0.3 is 0 Å². The molecule has 0 radical (unpaired) electrons. The summed E-state index contributed by atoms with van der Waals surface area (Å²) in [5, 5.41) is 3.25. The number of nitrogens with one attached hydrogen (secondary N) is 2. The average Bonchev–Trinajstić information content (AvgIpc) is 2.85. The molecular formula is C16H23N3O2. The Morgan fingerprint density at radius 1 is 1.33 bits per heavy atom. The molecule has 1 aliphatic heterocycles. The molecule has 1 aromatic rings. The van der Waals surface area contributed by atoms with E-state index in [1.807, 2.05) is 18.9 Å².